The van der Waals surface area contributed by atoms with Gasteiger partial charge in [-0.3, -0.25) is 4.90 Å². The zero-order valence-electron chi connectivity index (χ0n) is 12.6. The molecule has 1 aliphatic rings. The van der Waals surface area contributed by atoms with E-state index in [0.717, 1.165) is 31.2 Å². The molecule has 1 aliphatic heterocycles. The highest BCUT2D eigenvalue weighted by Gasteiger charge is 2.17. The summed E-state index contributed by atoms with van der Waals surface area (Å²) in [6, 6.07) is 8.14. The van der Waals surface area contributed by atoms with E-state index in [-0.39, 0.29) is 0 Å². The first-order valence-corrected chi connectivity index (χ1v) is 7.90. The van der Waals surface area contributed by atoms with Gasteiger partial charge in [0.2, 0.25) is 5.89 Å². The van der Waals surface area contributed by atoms with E-state index in [4.69, 9.17) is 16.6 Å². The fourth-order valence-electron chi connectivity index (χ4n) is 2.60. The van der Waals surface area contributed by atoms with Crippen LogP contribution in [-0.4, -0.2) is 27.8 Å². The molecule has 0 bridgehead atoms. The summed E-state index contributed by atoms with van der Waals surface area (Å²) in [5, 5.41) is 4.53. The van der Waals surface area contributed by atoms with Gasteiger partial charge in [0.1, 0.15) is 0 Å². The summed E-state index contributed by atoms with van der Waals surface area (Å²) in [6.07, 6.45) is 2.49. The second-order valence-corrected chi connectivity index (χ2v) is 6.33. The Morgan fingerprint density at radius 3 is 2.57 bits per heavy atom. The number of benzene rings is 1. The first kappa shape index (κ1) is 14.5. The molecule has 0 N–H and O–H groups in total. The van der Waals surface area contributed by atoms with Crippen LogP contribution in [0.5, 0.6) is 0 Å². The van der Waals surface area contributed by atoms with Crippen molar-refractivity contribution < 1.29 is 4.42 Å². The van der Waals surface area contributed by atoms with E-state index >= 15 is 0 Å². The molecule has 5 heteroatoms. The van der Waals surface area contributed by atoms with Gasteiger partial charge in [0.15, 0.2) is 0 Å². The Labute approximate surface area is 130 Å². The number of piperidine rings is 1. The molecule has 0 aliphatic carbocycles. The van der Waals surface area contributed by atoms with Crippen molar-refractivity contribution in [2.24, 2.45) is 5.92 Å². The van der Waals surface area contributed by atoms with Crippen molar-refractivity contribution in [1.82, 2.24) is 14.7 Å². The quantitative estimate of drug-likeness (QED) is 0.806. The Bertz CT molecular complexity index is 651. The van der Waals surface area contributed by atoms with Gasteiger partial charge in [-0.1, -0.05) is 24.6 Å². The van der Waals surface area contributed by atoms with E-state index in [1.54, 1.807) is 4.68 Å². The van der Waals surface area contributed by atoms with Crippen molar-refractivity contribution in [2.75, 3.05) is 13.1 Å². The van der Waals surface area contributed by atoms with Gasteiger partial charge >= 0.3 is 0 Å². The molecule has 112 valence electrons. The monoisotopic (exact) mass is 303 g/mol. The van der Waals surface area contributed by atoms with Crippen LogP contribution in [0.3, 0.4) is 0 Å². The molecule has 0 radical (unpaired) electrons. The van der Waals surface area contributed by atoms with Gasteiger partial charge in [-0.2, -0.15) is 0 Å². The summed E-state index contributed by atoms with van der Waals surface area (Å²) in [4.78, 5) is 2.83. The normalized spacial score (nSPS) is 17.2. The number of rotatable bonds is 3. The SMILES string of the molecule is Cc1ccc(-c2nn(CN3CCC(C)CC3)c(=S)o2)cc1. The molecule has 1 aromatic carbocycles. The summed E-state index contributed by atoms with van der Waals surface area (Å²) < 4.78 is 7.44. The average Bonchev–Trinajstić information content (AvgIpc) is 2.83. The molecule has 1 fully saturated rings. The van der Waals surface area contributed by atoms with E-state index in [1.165, 1.54) is 18.4 Å². The van der Waals surface area contributed by atoms with Crippen LogP contribution in [0.1, 0.15) is 25.3 Å². The maximum absolute atomic E-state index is 5.64. The molecular weight excluding hydrogens is 282 g/mol. The van der Waals surface area contributed by atoms with Crippen molar-refractivity contribution in [3.05, 3.63) is 34.7 Å². The van der Waals surface area contributed by atoms with Gasteiger partial charge < -0.3 is 4.42 Å². The summed E-state index contributed by atoms with van der Waals surface area (Å²) in [6.45, 7) is 7.32. The minimum absolute atomic E-state index is 0.448. The Hall–Kier alpha value is -1.46. The third kappa shape index (κ3) is 3.41. The van der Waals surface area contributed by atoms with Crippen molar-refractivity contribution in [2.45, 2.75) is 33.4 Å². The Morgan fingerprint density at radius 1 is 1.24 bits per heavy atom. The highest BCUT2D eigenvalue weighted by molar-refractivity contribution is 7.71. The molecule has 21 heavy (non-hydrogen) atoms. The summed E-state index contributed by atoms with van der Waals surface area (Å²) in [5.74, 6) is 1.43. The van der Waals surface area contributed by atoms with Crippen LogP contribution < -0.4 is 0 Å². The van der Waals surface area contributed by atoms with Gasteiger partial charge in [-0.25, -0.2) is 4.68 Å². The first-order valence-electron chi connectivity index (χ1n) is 7.49. The van der Waals surface area contributed by atoms with Gasteiger partial charge in [-0.15, -0.1) is 5.10 Å². The lowest BCUT2D eigenvalue weighted by atomic mass is 10.00. The third-order valence-electron chi connectivity index (χ3n) is 4.11. The van der Waals surface area contributed by atoms with Crippen LogP contribution in [-0.2, 0) is 6.67 Å². The van der Waals surface area contributed by atoms with Gasteiger partial charge in [0.05, 0.1) is 6.67 Å². The lowest BCUT2D eigenvalue weighted by molar-refractivity contribution is 0.144. The van der Waals surface area contributed by atoms with E-state index in [2.05, 4.69) is 36.0 Å². The van der Waals surface area contributed by atoms with E-state index in [1.807, 2.05) is 12.1 Å². The largest absolute Gasteiger partial charge is 0.409 e. The molecule has 0 amide bonds. The fourth-order valence-corrected chi connectivity index (χ4v) is 2.78. The number of aryl methyl sites for hydroxylation is 1. The highest BCUT2D eigenvalue weighted by Crippen LogP contribution is 2.20. The number of likely N-dealkylation sites (tertiary alicyclic amines) is 1. The fraction of sp³-hybridized carbons (Fsp3) is 0.500. The number of aromatic nitrogens is 2. The van der Waals surface area contributed by atoms with Gasteiger partial charge in [0, 0.05) is 18.7 Å². The Morgan fingerprint density at radius 2 is 1.90 bits per heavy atom. The van der Waals surface area contributed by atoms with Crippen molar-refractivity contribution in [3.63, 3.8) is 0 Å². The molecule has 0 atom stereocenters. The molecule has 1 aromatic heterocycles. The molecule has 2 aromatic rings. The predicted molar refractivity (Wildman–Crippen MR) is 85.5 cm³/mol. The molecule has 0 spiro atoms. The van der Waals surface area contributed by atoms with Crippen molar-refractivity contribution in [3.8, 4) is 11.5 Å². The summed E-state index contributed by atoms with van der Waals surface area (Å²) in [7, 11) is 0. The molecule has 4 nitrogen and oxygen atoms in total. The van der Waals surface area contributed by atoms with E-state index in [9.17, 15) is 0 Å². The molecule has 3 rings (SSSR count). The van der Waals surface area contributed by atoms with Crippen LogP contribution in [0.2, 0.25) is 0 Å². The average molecular weight is 303 g/mol. The maximum Gasteiger partial charge on any atom is 0.288 e. The molecule has 0 unspecified atom stereocenters. The lowest BCUT2D eigenvalue weighted by Crippen LogP contribution is -2.34. The standard InChI is InChI=1S/C16H21N3OS/c1-12-3-5-14(6-4-12)15-17-19(16(21)20-15)11-18-9-7-13(2)8-10-18/h3-6,13H,7-11H2,1-2H3. The zero-order valence-corrected chi connectivity index (χ0v) is 13.4. The first-order chi connectivity index (χ1) is 10.1. The number of nitrogens with zero attached hydrogens (tertiary/aromatic N) is 3. The third-order valence-corrected chi connectivity index (χ3v) is 4.41. The molecule has 0 saturated carbocycles. The van der Waals surface area contributed by atoms with Crippen LogP contribution >= 0.6 is 12.2 Å². The smallest absolute Gasteiger partial charge is 0.288 e. The summed E-state index contributed by atoms with van der Waals surface area (Å²) in [5.41, 5.74) is 2.19. The van der Waals surface area contributed by atoms with Crippen LogP contribution in [0.4, 0.5) is 0 Å². The van der Waals surface area contributed by atoms with Crippen molar-refractivity contribution in [1.29, 1.82) is 0 Å². The summed E-state index contributed by atoms with van der Waals surface area (Å²) >= 11 is 5.30. The topological polar surface area (TPSA) is 34.2 Å². The lowest BCUT2D eigenvalue weighted by Gasteiger charge is -2.29. The van der Waals surface area contributed by atoms with E-state index in [0.29, 0.717) is 10.7 Å². The highest BCUT2D eigenvalue weighted by atomic mass is 32.1. The molecular formula is C16H21N3OS. The number of hydrogen-bond donors (Lipinski definition) is 0. The zero-order chi connectivity index (χ0) is 14.8. The Kier molecular flexibility index (Phi) is 4.22. The second-order valence-electron chi connectivity index (χ2n) is 5.98. The minimum Gasteiger partial charge on any atom is -0.409 e. The van der Waals surface area contributed by atoms with Gasteiger partial charge in [-0.05, 0) is 50.0 Å². The number of hydrogen-bond acceptors (Lipinski definition) is 4. The second kappa shape index (κ2) is 6.12. The van der Waals surface area contributed by atoms with Crippen LogP contribution in [0.15, 0.2) is 28.7 Å². The molecule has 1 saturated heterocycles. The predicted octanol–water partition coefficient (Wildman–Crippen LogP) is 3.87. The van der Waals surface area contributed by atoms with Gasteiger partial charge in [0.25, 0.3) is 4.84 Å². The van der Waals surface area contributed by atoms with Crippen LogP contribution in [0.25, 0.3) is 11.5 Å². The van der Waals surface area contributed by atoms with E-state index < -0.39 is 0 Å². The minimum atomic E-state index is 0.448. The maximum atomic E-state index is 5.64. The van der Waals surface area contributed by atoms with Crippen molar-refractivity contribution >= 4 is 12.2 Å². The van der Waals surface area contributed by atoms with Crippen LogP contribution in [0, 0.1) is 17.7 Å². The Balaban J connectivity index is 1.75. The molecule has 2 heterocycles.